The van der Waals surface area contributed by atoms with Crippen LogP contribution in [0.4, 0.5) is 28.8 Å². The Morgan fingerprint density at radius 2 is 1.59 bits per heavy atom. The fraction of sp³-hybridized carbons (Fsp3) is 0.190. The van der Waals surface area contributed by atoms with Crippen LogP contribution in [-0.4, -0.2) is 33.8 Å². The minimum atomic E-state index is -3.38. The van der Waals surface area contributed by atoms with Gasteiger partial charge in [0.05, 0.1) is 23.0 Å². The first-order valence-corrected chi connectivity index (χ1v) is 11.6. The first-order chi connectivity index (χ1) is 15.1. The summed E-state index contributed by atoms with van der Waals surface area (Å²) < 4.78 is 28.6. The molecular formula is C21H23N7O3S. The van der Waals surface area contributed by atoms with Crippen LogP contribution in [0.15, 0.2) is 53.5 Å². The Morgan fingerprint density at radius 1 is 0.906 bits per heavy atom. The normalized spacial score (nSPS) is 11.5. The molecule has 10 nitrogen and oxygen atoms in total. The fourth-order valence-electron chi connectivity index (χ4n) is 3.35. The Kier molecular flexibility index (Phi) is 5.35. The van der Waals surface area contributed by atoms with Gasteiger partial charge in [-0.3, -0.25) is 13.9 Å². The van der Waals surface area contributed by atoms with Crippen LogP contribution in [0.2, 0.25) is 0 Å². The van der Waals surface area contributed by atoms with Crippen molar-refractivity contribution in [2.75, 3.05) is 21.6 Å². The first kappa shape index (κ1) is 21.4. The molecule has 0 aliphatic carbocycles. The van der Waals surface area contributed by atoms with Gasteiger partial charge in [0.2, 0.25) is 16.0 Å². The molecule has 11 heteroatoms. The van der Waals surface area contributed by atoms with Crippen LogP contribution < -0.4 is 21.0 Å². The summed E-state index contributed by atoms with van der Waals surface area (Å²) in [5, 5.41) is 6.37. The monoisotopic (exact) mass is 453 g/mol. The van der Waals surface area contributed by atoms with Gasteiger partial charge in [0.1, 0.15) is 5.82 Å². The van der Waals surface area contributed by atoms with E-state index >= 15 is 0 Å². The standard InChI is InChI=1S/C21H23N7O3S/c1-13-12-22-20(24-14-6-5-7-16(10-14)26-32(4,30)31)25-19(13)23-15-8-9-17-18(11-15)28(3)21(29)27(17)2/h5-12,26H,1-4H3,(H2,22,23,24,25). The van der Waals surface area contributed by atoms with Crippen molar-refractivity contribution in [1.29, 1.82) is 0 Å². The largest absolute Gasteiger partial charge is 0.340 e. The molecule has 0 aliphatic rings. The van der Waals surface area contributed by atoms with Gasteiger partial charge in [-0.05, 0) is 43.3 Å². The summed E-state index contributed by atoms with van der Waals surface area (Å²) in [6.07, 6.45) is 2.78. The number of nitrogens with one attached hydrogen (secondary N) is 3. The summed E-state index contributed by atoms with van der Waals surface area (Å²) in [6, 6.07) is 12.5. The third-order valence-corrected chi connectivity index (χ3v) is 5.53. The second kappa shape index (κ2) is 8.00. The lowest BCUT2D eigenvalue weighted by atomic mass is 10.2. The van der Waals surface area contributed by atoms with E-state index in [-0.39, 0.29) is 5.69 Å². The number of imidazole rings is 1. The lowest BCUT2D eigenvalue weighted by Gasteiger charge is -2.12. The number of aryl methyl sites for hydroxylation is 3. The number of aromatic nitrogens is 4. The minimum Gasteiger partial charge on any atom is -0.340 e. The van der Waals surface area contributed by atoms with Crippen molar-refractivity contribution < 1.29 is 8.42 Å². The summed E-state index contributed by atoms with van der Waals surface area (Å²) >= 11 is 0. The predicted molar refractivity (Wildman–Crippen MR) is 126 cm³/mol. The van der Waals surface area contributed by atoms with Crippen molar-refractivity contribution >= 4 is 49.9 Å². The number of hydrogen-bond donors (Lipinski definition) is 3. The minimum absolute atomic E-state index is 0.0885. The van der Waals surface area contributed by atoms with Gasteiger partial charge in [-0.1, -0.05) is 6.07 Å². The highest BCUT2D eigenvalue weighted by Crippen LogP contribution is 2.24. The lowest BCUT2D eigenvalue weighted by molar-refractivity contribution is 0.607. The van der Waals surface area contributed by atoms with Gasteiger partial charge >= 0.3 is 5.69 Å². The average molecular weight is 454 g/mol. The maximum absolute atomic E-state index is 12.2. The van der Waals surface area contributed by atoms with Gasteiger partial charge in [0.15, 0.2) is 0 Å². The number of fused-ring (bicyclic) bond motifs is 1. The zero-order valence-electron chi connectivity index (χ0n) is 18.0. The summed E-state index contributed by atoms with van der Waals surface area (Å²) in [7, 11) is 0.101. The quantitative estimate of drug-likeness (QED) is 0.410. The van der Waals surface area contributed by atoms with Crippen LogP contribution >= 0.6 is 0 Å². The van der Waals surface area contributed by atoms with E-state index in [1.807, 2.05) is 25.1 Å². The molecule has 0 atom stereocenters. The summed E-state index contributed by atoms with van der Waals surface area (Å²) in [5.74, 6) is 0.955. The zero-order chi connectivity index (χ0) is 23.0. The van der Waals surface area contributed by atoms with Gasteiger partial charge in [-0.15, -0.1) is 0 Å². The van der Waals surface area contributed by atoms with Gasteiger partial charge in [0.25, 0.3) is 0 Å². The molecule has 0 saturated heterocycles. The van der Waals surface area contributed by atoms with Crippen LogP contribution in [-0.2, 0) is 24.1 Å². The molecule has 4 aromatic rings. The molecule has 32 heavy (non-hydrogen) atoms. The first-order valence-electron chi connectivity index (χ1n) is 9.72. The van der Waals surface area contributed by atoms with Crippen LogP contribution in [0, 0.1) is 6.92 Å². The van der Waals surface area contributed by atoms with Crippen LogP contribution in [0.5, 0.6) is 0 Å². The summed E-state index contributed by atoms with van der Waals surface area (Å²) in [6.45, 7) is 1.89. The van der Waals surface area contributed by atoms with Crippen LogP contribution in [0.25, 0.3) is 11.0 Å². The number of sulfonamides is 1. The maximum Gasteiger partial charge on any atom is 0.328 e. The SMILES string of the molecule is Cc1cnc(Nc2cccc(NS(C)(=O)=O)c2)nc1Nc1ccc2c(c1)n(C)c(=O)n2C. The Balaban J connectivity index is 1.60. The number of nitrogens with zero attached hydrogens (tertiary/aromatic N) is 4. The number of rotatable bonds is 6. The number of hydrogen-bond acceptors (Lipinski definition) is 7. The van der Waals surface area contributed by atoms with E-state index < -0.39 is 10.0 Å². The van der Waals surface area contributed by atoms with E-state index in [9.17, 15) is 13.2 Å². The van der Waals surface area contributed by atoms with Crippen molar-refractivity contribution in [2.45, 2.75) is 6.92 Å². The number of benzene rings is 2. The Bertz CT molecular complexity index is 1490. The number of anilines is 5. The molecule has 0 radical (unpaired) electrons. The summed E-state index contributed by atoms with van der Waals surface area (Å²) in [4.78, 5) is 21.0. The van der Waals surface area contributed by atoms with Crippen molar-refractivity contribution in [3.8, 4) is 0 Å². The van der Waals surface area contributed by atoms with E-state index in [1.54, 1.807) is 53.7 Å². The maximum atomic E-state index is 12.2. The smallest absolute Gasteiger partial charge is 0.328 e. The molecule has 0 spiro atoms. The molecule has 4 rings (SSSR count). The lowest BCUT2D eigenvalue weighted by Crippen LogP contribution is -2.19. The van der Waals surface area contributed by atoms with Gasteiger partial charge in [-0.25, -0.2) is 18.2 Å². The molecule has 2 aromatic carbocycles. The molecule has 2 aromatic heterocycles. The van der Waals surface area contributed by atoms with Gasteiger partial charge in [0, 0.05) is 37.2 Å². The van der Waals surface area contributed by atoms with E-state index in [0.29, 0.717) is 23.1 Å². The summed E-state index contributed by atoms with van der Waals surface area (Å²) in [5.41, 5.74) is 4.25. The van der Waals surface area contributed by atoms with Gasteiger partial charge in [-0.2, -0.15) is 4.98 Å². The van der Waals surface area contributed by atoms with E-state index in [1.165, 1.54) is 0 Å². The third-order valence-electron chi connectivity index (χ3n) is 4.93. The third kappa shape index (κ3) is 4.42. The van der Waals surface area contributed by atoms with Gasteiger partial charge < -0.3 is 10.6 Å². The Morgan fingerprint density at radius 3 is 2.34 bits per heavy atom. The van der Waals surface area contributed by atoms with Crippen molar-refractivity contribution in [2.24, 2.45) is 14.1 Å². The molecule has 0 saturated carbocycles. The second-order valence-electron chi connectivity index (χ2n) is 7.53. The molecule has 166 valence electrons. The predicted octanol–water partition coefficient (Wildman–Crippen LogP) is 2.83. The highest BCUT2D eigenvalue weighted by atomic mass is 32.2. The van der Waals surface area contributed by atoms with Crippen molar-refractivity contribution in [1.82, 2.24) is 19.1 Å². The topological polar surface area (TPSA) is 123 Å². The van der Waals surface area contributed by atoms with Crippen LogP contribution in [0.1, 0.15) is 5.56 Å². The fourth-order valence-corrected chi connectivity index (χ4v) is 3.91. The Hall–Kier alpha value is -3.86. The average Bonchev–Trinajstić information content (AvgIpc) is 2.93. The molecular weight excluding hydrogens is 430 g/mol. The molecule has 0 aliphatic heterocycles. The second-order valence-corrected chi connectivity index (χ2v) is 9.28. The molecule has 0 fully saturated rings. The zero-order valence-corrected chi connectivity index (χ0v) is 18.9. The molecule has 2 heterocycles. The molecule has 3 N–H and O–H groups in total. The van der Waals surface area contributed by atoms with E-state index in [2.05, 4.69) is 25.3 Å². The highest BCUT2D eigenvalue weighted by Gasteiger charge is 2.10. The van der Waals surface area contributed by atoms with E-state index in [4.69, 9.17) is 0 Å². The van der Waals surface area contributed by atoms with E-state index in [0.717, 1.165) is 28.5 Å². The van der Waals surface area contributed by atoms with Crippen LogP contribution in [0.3, 0.4) is 0 Å². The molecule has 0 amide bonds. The highest BCUT2D eigenvalue weighted by molar-refractivity contribution is 7.92. The Labute approximate surface area is 185 Å². The van der Waals surface area contributed by atoms with Crippen molar-refractivity contribution in [3.63, 3.8) is 0 Å². The van der Waals surface area contributed by atoms with Crippen molar-refractivity contribution in [3.05, 3.63) is 64.7 Å². The molecule has 0 bridgehead atoms. The molecule has 0 unspecified atom stereocenters.